The Labute approximate surface area is 97.1 Å². The number of hydrogen-bond acceptors (Lipinski definition) is 3. The molecular formula is C13H19N2O. The molecule has 1 unspecified atom stereocenters. The van der Waals surface area contributed by atoms with E-state index in [2.05, 4.69) is 16.6 Å². The van der Waals surface area contributed by atoms with Crippen molar-refractivity contribution in [3.63, 3.8) is 0 Å². The molecule has 1 saturated heterocycles. The normalized spacial score (nSPS) is 19.3. The molecule has 16 heavy (non-hydrogen) atoms. The van der Waals surface area contributed by atoms with Crippen molar-refractivity contribution in [2.75, 3.05) is 25.0 Å². The molecule has 1 fully saturated rings. The average molecular weight is 219 g/mol. The zero-order valence-electron chi connectivity index (χ0n) is 9.47. The summed E-state index contributed by atoms with van der Waals surface area (Å²) in [7, 11) is 0. The number of β-amino-alcohol motifs (C(OH)–C–C–N with tert-alkyl or cyclic N) is 1. The molecule has 1 heterocycles. The Kier molecular flexibility index (Phi) is 4.19. The van der Waals surface area contributed by atoms with E-state index in [4.69, 9.17) is 0 Å². The van der Waals surface area contributed by atoms with Crippen LogP contribution in [0, 0.1) is 6.42 Å². The highest BCUT2D eigenvalue weighted by Crippen LogP contribution is 2.10. The van der Waals surface area contributed by atoms with Crippen LogP contribution in [-0.2, 0) is 0 Å². The summed E-state index contributed by atoms with van der Waals surface area (Å²) in [6, 6.07) is 9.83. The molecule has 2 N–H and O–H groups in total. The molecule has 1 aromatic carbocycles. The van der Waals surface area contributed by atoms with Gasteiger partial charge in [0.2, 0.25) is 0 Å². The first-order valence-corrected chi connectivity index (χ1v) is 5.88. The number of likely N-dealkylation sites (tertiary alicyclic amines) is 1. The molecule has 1 aliphatic heterocycles. The second kappa shape index (κ2) is 5.87. The summed E-state index contributed by atoms with van der Waals surface area (Å²) in [5.74, 6) is 0. The van der Waals surface area contributed by atoms with Crippen LogP contribution in [0.5, 0.6) is 0 Å². The average Bonchev–Trinajstić information content (AvgIpc) is 2.31. The van der Waals surface area contributed by atoms with E-state index in [-0.39, 0.29) is 0 Å². The maximum absolute atomic E-state index is 9.89. The minimum absolute atomic E-state index is 0.486. The Balaban J connectivity index is 1.77. The van der Waals surface area contributed by atoms with Crippen molar-refractivity contribution in [2.45, 2.75) is 19.1 Å². The van der Waals surface area contributed by atoms with E-state index in [1.165, 1.54) is 0 Å². The van der Waals surface area contributed by atoms with E-state index >= 15 is 0 Å². The summed E-state index contributed by atoms with van der Waals surface area (Å²) in [6.45, 7) is 2.82. The van der Waals surface area contributed by atoms with E-state index in [9.17, 15) is 5.11 Å². The van der Waals surface area contributed by atoms with Gasteiger partial charge in [-0.05, 0) is 44.5 Å². The predicted molar refractivity (Wildman–Crippen MR) is 66.0 cm³/mol. The van der Waals surface area contributed by atoms with Gasteiger partial charge in [-0.25, -0.2) is 0 Å². The summed E-state index contributed by atoms with van der Waals surface area (Å²) in [5.41, 5.74) is 0.971. The van der Waals surface area contributed by atoms with Gasteiger partial charge in [0, 0.05) is 12.2 Å². The highest BCUT2D eigenvalue weighted by atomic mass is 16.3. The number of rotatable bonds is 4. The van der Waals surface area contributed by atoms with Crippen LogP contribution in [0.15, 0.2) is 30.3 Å². The third-order valence-corrected chi connectivity index (χ3v) is 2.84. The highest BCUT2D eigenvalue weighted by Gasteiger charge is 2.14. The molecular weight excluding hydrogens is 200 g/mol. The first-order valence-electron chi connectivity index (χ1n) is 5.88. The van der Waals surface area contributed by atoms with Crippen LogP contribution < -0.4 is 5.32 Å². The van der Waals surface area contributed by atoms with Crippen molar-refractivity contribution in [2.24, 2.45) is 0 Å². The number of aliphatic hydroxyl groups is 1. The van der Waals surface area contributed by atoms with Crippen molar-refractivity contribution < 1.29 is 5.11 Å². The maximum atomic E-state index is 9.89. The van der Waals surface area contributed by atoms with Gasteiger partial charge in [0.15, 0.2) is 0 Å². The van der Waals surface area contributed by atoms with Gasteiger partial charge in [0.05, 0.1) is 0 Å². The van der Waals surface area contributed by atoms with E-state index in [1.54, 1.807) is 0 Å². The third-order valence-electron chi connectivity index (χ3n) is 2.84. The van der Waals surface area contributed by atoms with Crippen molar-refractivity contribution in [1.29, 1.82) is 0 Å². The summed E-state index contributed by atoms with van der Waals surface area (Å²) in [5, 5.41) is 13.0. The summed E-state index contributed by atoms with van der Waals surface area (Å²) in [4.78, 5) is 2.29. The van der Waals surface area contributed by atoms with Crippen LogP contribution in [0.3, 0.4) is 0 Å². The van der Waals surface area contributed by atoms with Gasteiger partial charge in [0.1, 0.15) is 6.23 Å². The number of aliphatic hydroxyl groups excluding tert-OH is 1. The van der Waals surface area contributed by atoms with Gasteiger partial charge in [-0.15, -0.1) is 0 Å². The molecule has 0 aromatic heterocycles. The van der Waals surface area contributed by atoms with E-state index in [0.29, 0.717) is 6.54 Å². The van der Waals surface area contributed by atoms with Crippen LogP contribution in [0.2, 0.25) is 0 Å². The van der Waals surface area contributed by atoms with Crippen LogP contribution in [0.25, 0.3) is 0 Å². The molecule has 0 amide bonds. The van der Waals surface area contributed by atoms with E-state index in [0.717, 1.165) is 31.6 Å². The molecule has 1 radical (unpaired) electrons. The smallest absolute Gasteiger partial charge is 0.137 e. The van der Waals surface area contributed by atoms with Crippen molar-refractivity contribution in [3.05, 3.63) is 36.8 Å². The van der Waals surface area contributed by atoms with Crippen molar-refractivity contribution in [3.8, 4) is 0 Å². The summed E-state index contributed by atoms with van der Waals surface area (Å²) in [6.07, 6.45) is 4.10. The number of nitrogens with one attached hydrogen (secondary N) is 1. The van der Waals surface area contributed by atoms with Crippen LogP contribution in [-0.4, -0.2) is 35.9 Å². The molecule has 1 aliphatic rings. The molecule has 3 nitrogen and oxygen atoms in total. The highest BCUT2D eigenvalue weighted by molar-refractivity contribution is 5.42. The molecule has 0 spiro atoms. The standard InChI is InChI=1S/C13H19N2O/c16-13(11-15-9-5-2-6-10-15)14-12-7-3-1-4-8-12/h1-4,7-8,13-14,16H,5-6,9-11H2. The number of anilines is 1. The van der Waals surface area contributed by atoms with Gasteiger partial charge in [-0.3, -0.25) is 4.90 Å². The van der Waals surface area contributed by atoms with Crippen LogP contribution in [0.4, 0.5) is 5.69 Å². The number of nitrogens with zero attached hydrogens (tertiary/aromatic N) is 1. The van der Waals surface area contributed by atoms with Gasteiger partial charge >= 0.3 is 0 Å². The lowest BCUT2D eigenvalue weighted by Gasteiger charge is -2.28. The minimum Gasteiger partial charge on any atom is -0.372 e. The lowest BCUT2D eigenvalue weighted by Crippen LogP contribution is -2.39. The topological polar surface area (TPSA) is 35.5 Å². The Bertz CT molecular complexity index is 296. The molecule has 0 aliphatic carbocycles. The number of benzene rings is 1. The molecule has 0 bridgehead atoms. The zero-order chi connectivity index (χ0) is 11.2. The number of piperidine rings is 1. The lowest BCUT2D eigenvalue weighted by atomic mass is 10.1. The second-order valence-electron chi connectivity index (χ2n) is 4.19. The SMILES string of the molecule is OC(CN1CC[CH]CC1)Nc1ccccc1. The monoisotopic (exact) mass is 219 g/mol. The fraction of sp³-hybridized carbons (Fsp3) is 0.462. The Morgan fingerprint density at radius 3 is 2.56 bits per heavy atom. The lowest BCUT2D eigenvalue weighted by molar-refractivity contribution is 0.127. The van der Waals surface area contributed by atoms with Gasteiger partial charge in [-0.1, -0.05) is 18.2 Å². The van der Waals surface area contributed by atoms with Gasteiger partial charge in [-0.2, -0.15) is 0 Å². The maximum Gasteiger partial charge on any atom is 0.137 e. The van der Waals surface area contributed by atoms with Crippen molar-refractivity contribution >= 4 is 5.69 Å². The van der Waals surface area contributed by atoms with Gasteiger partial charge < -0.3 is 10.4 Å². The summed E-state index contributed by atoms with van der Waals surface area (Å²) >= 11 is 0. The fourth-order valence-electron chi connectivity index (χ4n) is 2.00. The summed E-state index contributed by atoms with van der Waals surface area (Å²) < 4.78 is 0. The Morgan fingerprint density at radius 2 is 1.88 bits per heavy atom. The third kappa shape index (κ3) is 3.51. The first kappa shape index (κ1) is 11.4. The van der Waals surface area contributed by atoms with E-state index in [1.807, 2.05) is 30.3 Å². The minimum atomic E-state index is -0.486. The van der Waals surface area contributed by atoms with Gasteiger partial charge in [0.25, 0.3) is 0 Å². The largest absolute Gasteiger partial charge is 0.372 e. The van der Waals surface area contributed by atoms with Crippen LogP contribution >= 0.6 is 0 Å². The van der Waals surface area contributed by atoms with Crippen LogP contribution in [0.1, 0.15) is 12.8 Å². The number of para-hydroxylation sites is 1. The Hall–Kier alpha value is -1.06. The number of hydrogen-bond donors (Lipinski definition) is 2. The fourth-order valence-corrected chi connectivity index (χ4v) is 2.00. The van der Waals surface area contributed by atoms with Crippen molar-refractivity contribution in [1.82, 2.24) is 4.90 Å². The molecule has 87 valence electrons. The molecule has 3 heteroatoms. The molecule has 2 rings (SSSR count). The van der Waals surface area contributed by atoms with E-state index < -0.39 is 6.23 Å². The Morgan fingerprint density at radius 1 is 1.19 bits per heavy atom. The first-order chi connectivity index (χ1) is 7.84. The molecule has 0 saturated carbocycles. The quantitative estimate of drug-likeness (QED) is 0.757. The zero-order valence-corrected chi connectivity index (χ0v) is 9.47. The molecule has 1 aromatic rings. The predicted octanol–water partition coefficient (Wildman–Crippen LogP) is 1.72. The molecule has 1 atom stereocenters. The second-order valence-corrected chi connectivity index (χ2v) is 4.19.